The number of ether oxygens (including phenoxy) is 1. The molecule has 23 heavy (non-hydrogen) atoms. The first kappa shape index (κ1) is 15.2. The molecule has 0 atom stereocenters. The summed E-state index contributed by atoms with van der Waals surface area (Å²) in [5, 5.41) is 11.4. The number of carbonyl (C=O) groups is 1. The van der Waals surface area contributed by atoms with E-state index < -0.39 is 5.97 Å². The van der Waals surface area contributed by atoms with E-state index in [4.69, 9.17) is 11.6 Å². The molecule has 0 amide bonds. The molecule has 0 saturated heterocycles. The van der Waals surface area contributed by atoms with Crippen LogP contribution >= 0.6 is 11.6 Å². The van der Waals surface area contributed by atoms with E-state index in [1.807, 2.05) is 12.1 Å². The summed E-state index contributed by atoms with van der Waals surface area (Å²) < 4.78 is 4.63. The van der Waals surface area contributed by atoms with Crippen molar-refractivity contribution >= 4 is 28.5 Å². The predicted octanol–water partition coefficient (Wildman–Crippen LogP) is 3.75. The predicted molar refractivity (Wildman–Crippen MR) is 87.7 cm³/mol. The van der Waals surface area contributed by atoms with Gasteiger partial charge in [-0.3, -0.25) is 0 Å². The van der Waals surface area contributed by atoms with Crippen LogP contribution in [0.25, 0.3) is 22.2 Å². The van der Waals surface area contributed by atoms with Crippen LogP contribution in [0.4, 0.5) is 0 Å². The standard InChI is InChI=1S/C17H13ClN2O3/c1-9-14-12(16(21)15(19-9)17(22)23-2)7-8-13(20-14)10-3-5-11(18)6-4-10/h3-8,21H,1-2H3. The molecule has 116 valence electrons. The quantitative estimate of drug-likeness (QED) is 0.725. The van der Waals surface area contributed by atoms with E-state index in [-0.39, 0.29) is 11.4 Å². The number of carbonyl (C=O) groups excluding carboxylic acids is 1. The van der Waals surface area contributed by atoms with Gasteiger partial charge in [-0.2, -0.15) is 0 Å². The van der Waals surface area contributed by atoms with Crippen LogP contribution in [0, 0.1) is 6.92 Å². The molecule has 6 heteroatoms. The Morgan fingerprint density at radius 2 is 1.83 bits per heavy atom. The van der Waals surface area contributed by atoms with Gasteiger partial charge >= 0.3 is 5.97 Å². The number of hydrogen-bond donors (Lipinski definition) is 1. The van der Waals surface area contributed by atoms with Crippen molar-refractivity contribution in [1.29, 1.82) is 0 Å². The van der Waals surface area contributed by atoms with Gasteiger partial charge in [-0.05, 0) is 31.2 Å². The van der Waals surface area contributed by atoms with Gasteiger partial charge in [0.25, 0.3) is 0 Å². The molecule has 3 rings (SSSR count). The number of nitrogens with zero attached hydrogens (tertiary/aromatic N) is 2. The molecule has 2 heterocycles. The van der Waals surface area contributed by atoms with Crippen molar-refractivity contribution in [1.82, 2.24) is 9.97 Å². The summed E-state index contributed by atoms with van der Waals surface area (Å²) >= 11 is 5.89. The Labute approximate surface area is 137 Å². The van der Waals surface area contributed by atoms with E-state index in [9.17, 15) is 9.90 Å². The molecule has 0 aliphatic heterocycles. The number of aryl methyl sites for hydroxylation is 1. The number of benzene rings is 1. The van der Waals surface area contributed by atoms with Crippen molar-refractivity contribution in [3.8, 4) is 17.0 Å². The minimum atomic E-state index is -0.686. The Morgan fingerprint density at radius 1 is 1.13 bits per heavy atom. The van der Waals surface area contributed by atoms with Crippen LogP contribution in [0.3, 0.4) is 0 Å². The number of methoxy groups -OCH3 is 1. The van der Waals surface area contributed by atoms with Crippen molar-refractivity contribution < 1.29 is 14.6 Å². The van der Waals surface area contributed by atoms with Crippen LogP contribution < -0.4 is 0 Å². The van der Waals surface area contributed by atoms with E-state index >= 15 is 0 Å². The largest absolute Gasteiger partial charge is 0.505 e. The van der Waals surface area contributed by atoms with E-state index in [2.05, 4.69) is 14.7 Å². The van der Waals surface area contributed by atoms with Crippen molar-refractivity contribution in [3.63, 3.8) is 0 Å². The van der Waals surface area contributed by atoms with Crippen LogP contribution in [0.2, 0.25) is 5.02 Å². The highest BCUT2D eigenvalue weighted by Gasteiger charge is 2.19. The Balaban J connectivity index is 2.19. The van der Waals surface area contributed by atoms with Gasteiger partial charge < -0.3 is 9.84 Å². The molecule has 0 radical (unpaired) electrons. The number of aromatic nitrogens is 2. The zero-order valence-electron chi connectivity index (χ0n) is 12.5. The number of aromatic hydroxyl groups is 1. The highest BCUT2D eigenvalue weighted by molar-refractivity contribution is 6.30. The SMILES string of the molecule is COC(=O)c1nc(C)c2nc(-c3ccc(Cl)cc3)ccc2c1O. The summed E-state index contributed by atoms with van der Waals surface area (Å²) in [6, 6.07) is 10.8. The summed E-state index contributed by atoms with van der Waals surface area (Å²) in [6.45, 7) is 1.73. The van der Waals surface area contributed by atoms with Gasteiger partial charge in [0.1, 0.15) is 0 Å². The molecular weight excluding hydrogens is 316 g/mol. The Morgan fingerprint density at radius 3 is 2.48 bits per heavy atom. The third-order valence-corrected chi connectivity index (χ3v) is 3.77. The Kier molecular flexibility index (Phi) is 3.88. The van der Waals surface area contributed by atoms with E-state index in [1.54, 1.807) is 31.2 Å². The third kappa shape index (κ3) is 2.71. The highest BCUT2D eigenvalue weighted by Crippen LogP contribution is 2.31. The average molecular weight is 329 g/mol. The zero-order chi connectivity index (χ0) is 16.6. The number of pyridine rings is 2. The van der Waals surface area contributed by atoms with Gasteiger partial charge in [-0.25, -0.2) is 14.8 Å². The fourth-order valence-electron chi connectivity index (χ4n) is 2.35. The molecule has 0 aliphatic rings. The van der Waals surface area contributed by atoms with E-state index in [0.29, 0.717) is 21.6 Å². The normalized spacial score (nSPS) is 10.7. The molecule has 0 fully saturated rings. The molecule has 0 unspecified atom stereocenters. The van der Waals surface area contributed by atoms with Crippen LogP contribution in [-0.4, -0.2) is 28.2 Å². The summed E-state index contributed by atoms with van der Waals surface area (Å²) in [5.41, 5.74) is 2.58. The lowest BCUT2D eigenvalue weighted by Crippen LogP contribution is -2.07. The lowest BCUT2D eigenvalue weighted by molar-refractivity contribution is 0.0590. The maximum Gasteiger partial charge on any atom is 0.360 e. The lowest BCUT2D eigenvalue weighted by Gasteiger charge is -2.09. The summed E-state index contributed by atoms with van der Waals surface area (Å²) in [6.07, 6.45) is 0. The molecule has 2 aromatic heterocycles. The first-order chi connectivity index (χ1) is 11.0. The monoisotopic (exact) mass is 328 g/mol. The minimum Gasteiger partial charge on any atom is -0.505 e. The van der Waals surface area contributed by atoms with Gasteiger partial charge in [0.2, 0.25) is 0 Å². The number of rotatable bonds is 2. The first-order valence-electron chi connectivity index (χ1n) is 6.86. The smallest absolute Gasteiger partial charge is 0.360 e. The number of halogens is 1. The molecule has 0 aliphatic carbocycles. The second kappa shape index (κ2) is 5.85. The van der Waals surface area contributed by atoms with Crippen molar-refractivity contribution in [2.75, 3.05) is 7.11 Å². The number of fused-ring (bicyclic) bond motifs is 1. The molecule has 3 aromatic rings. The third-order valence-electron chi connectivity index (χ3n) is 3.52. The van der Waals surface area contributed by atoms with Gasteiger partial charge in [0, 0.05) is 16.0 Å². The second-order valence-corrected chi connectivity index (χ2v) is 5.42. The van der Waals surface area contributed by atoms with Crippen molar-refractivity contribution in [2.24, 2.45) is 0 Å². The maximum absolute atomic E-state index is 11.7. The van der Waals surface area contributed by atoms with Crippen LogP contribution in [0.5, 0.6) is 5.75 Å². The molecule has 0 spiro atoms. The van der Waals surface area contributed by atoms with Gasteiger partial charge in [0.05, 0.1) is 24.0 Å². The highest BCUT2D eigenvalue weighted by atomic mass is 35.5. The Bertz CT molecular complexity index is 908. The van der Waals surface area contributed by atoms with Crippen molar-refractivity contribution in [3.05, 3.63) is 52.8 Å². The Hall–Kier alpha value is -2.66. The zero-order valence-corrected chi connectivity index (χ0v) is 13.3. The maximum atomic E-state index is 11.7. The summed E-state index contributed by atoms with van der Waals surface area (Å²) in [7, 11) is 1.24. The molecule has 0 saturated carbocycles. The second-order valence-electron chi connectivity index (χ2n) is 4.99. The molecule has 1 aromatic carbocycles. The molecule has 5 nitrogen and oxygen atoms in total. The lowest BCUT2D eigenvalue weighted by atomic mass is 10.1. The number of esters is 1. The van der Waals surface area contributed by atoms with Crippen LogP contribution in [-0.2, 0) is 4.74 Å². The molecule has 1 N–H and O–H groups in total. The summed E-state index contributed by atoms with van der Waals surface area (Å²) in [4.78, 5) is 20.3. The van der Waals surface area contributed by atoms with E-state index in [0.717, 1.165) is 11.3 Å². The molecular formula is C17H13ClN2O3. The fraction of sp³-hybridized carbons (Fsp3) is 0.118. The fourth-order valence-corrected chi connectivity index (χ4v) is 2.47. The average Bonchev–Trinajstić information content (AvgIpc) is 2.57. The van der Waals surface area contributed by atoms with Crippen molar-refractivity contribution in [2.45, 2.75) is 6.92 Å². The number of hydrogen-bond acceptors (Lipinski definition) is 5. The molecule has 0 bridgehead atoms. The summed E-state index contributed by atoms with van der Waals surface area (Å²) in [5.74, 6) is -0.915. The van der Waals surface area contributed by atoms with Gasteiger partial charge in [-0.15, -0.1) is 0 Å². The van der Waals surface area contributed by atoms with Gasteiger partial charge in [0.15, 0.2) is 11.4 Å². The van der Waals surface area contributed by atoms with E-state index in [1.165, 1.54) is 7.11 Å². The first-order valence-corrected chi connectivity index (χ1v) is 7.23. The van der Waals surface area contributed by atoms with Gasteiger partial charge in [-0.1, -0.05) is 23.7 Å². The van der Waals surface area contributed by atoms with Crippen LogP contribution in [0.1, 0.15) is 16.2 Å². The topological polar surface area (TPSA) is 72.3 Å². The van der Waals surface area contributed by atoms with Crippen LogP contribution in [0.15, 0.2) is 36.4 Å². The minimum absolute atomic E-state index is 0.112.